The maximum atomic E-state index is 4.37. The van der Waals surface area contributed by atoms with Crippen molar-refractivity contribution in [2.45, 2.75) is 0 Å². The number of aromatic nitrogens is 3. The number of benzene rings is 1. The molecule has 2 heterocycles. The molecule has 0 saturated carbocycles. The van der Waals surface area contributed by atoms with Gasteiger partial charge in [0.25, 0.3) is 0 Å². The van der Waals surface area contributed by atoms with Crippen molar-refractivity contribution in [2.24, 2.45) is 14.1 Å². The minimum absolute atomic E-state index is 1.04. The predicted octanol–water partition coefficient (Wildman–Crippen LogP) is 2.58. The van der Waals surface area contributed by atoms with Crippen LogP contribution < -0.4 is 0 Å². The summed E-state index contributed by atoms with van der Waals surface area (Å²) >= 11 is 0. The topological polar surface area (TPSA) is 22.8 Å². The third kappa shape index (κ3) is 1.33. The number of fused-ring (bicyclic) bond motifs is 1. The van der Waals surface area contributed by atoms with Gasteiger partial charge in [-0.3, -0.25) is 4.68 Å². The summed E-state index contributed by atoms with van der Waals surface area (Å²) in [6.07, 6.45) is 4.10. The van der Waals surface area contributed by atoms with Crippen molar-refractivity contribution < 1.29 is 0 Å². The molecule has 0 aliphatic carbocycles. The third-order valence-electron chi connectivity index (χ3n) is 2.86. The fourth-order valence-electron chi connectivity index (χ4n) is 2.07. The van der Waals surface area contributed by atoms with Crippen LogP contribution in [0.2, 0.25) is 0 Å². The number of hydrogen-bond donors (Lipinski definition) is 0. The van der Waals surface area contributed by atoms with Crippen LogP contribution in [-0.4, -0.2) is 14.3 Å². The Bertz CT molecular complexity index is 646. The third-order valence-corrected chi connectivity index (χ3v) is 2.86. The smallest absolute Gasteiger partial charge is 0.0923 e. The van der Waals surface area contributed by atoms with Gasteiger partial charge in [0.1, 0.15) is 0 Å². The highest BCUT2D eigenvalue weighted by Gasteiger charge is 2.04. The maximum absolute atomic E-state index is 4.37. The van der Waals surface area contributed by atoms with Gasteiger partial charge in [0, 0.05) is 37.6 Å². The first-order valence-electron chi connectivity index (χ1n) is 5.29. The highest BCUT2D eigenvalue weighted by molar-refractivity contribution is 5.83. The maximum Gasteiger partial charge on any atom is 0.0923 e. The Morgan fingerprint density at radius 2 is 2.00 bits per heavy atom. The van der Waals surface area contributed by atoms with Crippen LogP contribution in [0.4, 0.5) is 0 Å². The minimum atomic E-state index is 1.04. The van der Waals surface area contributed by atoms with Gasteiger partial charge in [0.05, 0.1) is 5.52 Å². The molecular formula is C13H13N3. The highest BCUT2D eigenvalue weighted by Crippen LogP contribution is 2.23. The molecule has 0 aliphatic rings. The van der Waals surface area contributed by atoms with E-state index < -0.39 is 0 Å². The molecule has 0 atom stereocenters. The first-order valence-corrected chi connectivity index (χ1v) is 5.29. The molecule has 1 aromatic carbocycles. The van der Waals surface area contributed by atoms with Crippen LogP contribution in [0.5, 0.6) is 0 Å². The molecule has 0 unspecified atom stereocenters. The van der Waals surface area contributed by atoms with Crippen LogP contribution in [0.1, 0.15) is 0 Å². The Labute approximate surface area is 93.9 Å². The normalized spacial score (nSPS) is 11.1. The van der Waals surface area contributed by atoms with Gasteiger partial charge in [0.2, 0.25) is 0 Å². The molecule has 0 bridgehead atoms. The summed E-state index contributed by atoms with van der Waals surface area (Å²) in [5, 5.41) is 5.55. The van der Waals surface area contributed by atoms with Crippen molar-refractivity contribution in [3.63, 3.8) is 0 Å². The predicted molar refractivity (Wildman–Crippen MR) is 65.1 cm³/mol. The number of aryl methyl sites for hydroxylation is 2. The Morgan fingerprint density at radius 1 is 1.12 bits per heavy atom. The SMILES string of the molecule is Cn1cc2cc(-c3cccn3C)ccc2n1. The molecule has 3 heteroatoms. The molecule has 0 amide bonds. The van der Waals surface area contributed by atoms with Gasteiger partial charge in [-0.15, -0.1) is 0 Å². The van der Waals surface area contributed by atoms with Crippen LogP contribution in [0.25, 0.3) is 22.2 Å². The summed E-state index contributed by atoms with van der Waals surface area (Å²) in [5.41, 5.74) is 3.50. The number of hydrogen-bond acceptors (Lipinski definition) is 1. The van der Waals surface area contributed by atoms with E-state index in [-0.39, 0.29) is 0 Å². The van der Waals surface area contributed by atoms with Crippen molar-refractivity contribution in [2.75, 3.05) is 0 Å². The second kappa shape index (κ2) is 3.23. The summed E-state index contributed by atoms with van der Waals surface area (Å²) in [5.74, 6) is 0. The molecule has 80 valence electrons. The lowest BCUT2D eigenvalue weighted by Gasteiger charge is -2.02. The molecule has 3 nitrogen and oxygen atoms in total. The Kier molecular flexibility index (Phi) is 1.86. The lowest BCUT2D eigenvalue weighted by molar-refractivity contribution is 0.780. The van der Waals surface area contributed by atoms with E-state index in [4.69, 9.17) is 0 Å². The molecule has 16 heavy (non-hydrogen) atoms. The van der Waals surface area contributed by atoms with E-state index in [9.17, 15) is 0 Å². The van der Waals surface area contributed by atoms with Crippen LogP contribution in [0.3, 0.4) is 0 Å². The van der Waals surface area contributed by atoms with E-state index in [2.05, 4.69) is 53.2 Å². The quantitative estimate of drug-likeness (QED) is 0.606. The van der Waals surface area contributed by atoms with Crippen molar-refractivity contribution >= 4 is 10.9 Å². The largest absolute Gasteiger partial charge is 0.351 e. The summed E-state index contributed by atoms with van der Waals surface area (Å²) in [4.78, 5) is 0. The van der Waals surface area contributed by atoms with Crippen molar-refractivity contribution in [1.29, 1.82) is 0 Å². The summed E-state index contributed by atoms with van der Waals surface area (Å²) in [7, 11) is 4.00. The molecule has 0 saturated heterocycles. The fourth-order valence-corrected chi connectivity index (χ4v) is 2.07. The van der Waals surface area contributed by atoms with Gasteiger partial charge in [-0.05, 0) is 29.8 Å². The van der Waals surface area contributed by atoms with Gasteiger partial charge in [-0.2, -0.15) is 5.10 Å². The van der Waals surface area contributed by atoms with E-state index >= 15 is 0 Å². The van der Waals surface area contributed by atoms with Crippen LogP contribution in [0, 0.1) is 0 Å². The van der Waals surface area contributed by atoms with Crippen molar-refractivity contribution in [1.82, 2.24) is 14.3 Å². The van der Waals surface area contributed by atoms with E-state index in [0.717, 1.165) is 5.52 Å². The van der Waals surface area contributed by atoms with Crippen LogP contribution in [-0.2, 0) is 14.1 Å². The van der Waals surface area contributed by atoms with Gasteiger partial charge < -0.3 is 4.57 Å². The Hall–Kier alpha value is -2.03. The fraction of sp³-hybridized carbons (Fsp3) is 0.154. The molecule has 3 aromatic rings. The highest BCUT2D eigenvalue weighted by atomic mass is 15.2. The van der Waals surface area contributed by atoms with E-state index in [1.165, 1.54) is 16.6 Å². The first-order chi connectivity index (χ1) is 7.74. The molecule has 3 rings (SSSR count). The Balaban J connectivity index is 2.22. The summed E-state index contributed by atoms with van der Waals surface area (Å²) < 4.78 is 3.97. The first kappa shape index (κ1) is 9.21. The standard InChI is InChI=1S/C13H13N3/c1-15-7-3-4-13(15)10-5-6-12-11(8-10)9-16(2)14-12/h3-9H,1-2H3. The zero-order chi connectivity index (χ0) is 11.1. The van der Waals surface area contributed by atoms with E-state index in [0.29, 0.717) is 0 Å². The van der Waals surface area contributed by atoms with E-state index in [1.807, 2.05) is 17.9 Å². The van der Waals surface area contributed by atoms with Gasteiger partial charge in [0.15, 0.2) is 0 Å². The number of rotatable bonds is 1. The Morgan fingerprint density at radius 3 is 2.75 bits per heavy atom. The van der Waals surface area contributed by atoms with Gasteiger partial charge in [-0.1, -0.05) is 6.07 Å². The molecule has 0 fully saturated rings. The molecule has 0 N–H and O–H groups in total. The lowest BCUT2D eigenvalue weighted by atomic mass is 10.1. The van der Waals surface area contributed by atoms with Crippen LogP contribution >= 0.6 is 0 Å². The number of nitrogens with zero attached hydrogens (tertiary/aromatic N) is 3. The molecule has 0 radical (unpaired) electrons. The second-order valence-electron chi connectivity index (χ2n) is 4.08. The van der Waals surface area contributed by atoms with E-state index in [1.54, 1.807) is 0 Å². The summed E-state index contributed by atoms with van der Waals surface area (Å²) in [6, 6.07) is 10.5. The minimum Gasteiger partial charge on any atom is -0.351 e. The van der Waals surface area contributed by atoms with Gasteiger partial charge >= 0.3 is 0 Å². The molecular weight excluding hydrogens is 198 g/mol. The zero-order valence-electron chi connectivity index (χ0n) is 9.38. The van der Waals surface area contributed by atoms with Gasteiger partial charge in [-0.25, -0.2) is 0 Å². The summed E-state index contributed by atoms with van der Waals surface area (Å²) in [6.45, 7) is 0. The van der Waals surface area contributed by atoms with Crippen molar-refractivity contribution in [3.8, 4) is 11.3 Å². The average Bonchev–Trinajstić information content (AvgIpc) is 2.81. The van der Waals surface area contributed by atoms with Crippen LogP contribution in [0.15, 0.2) is 42.7 Å². The lowest BCUT2D eigenvalue weighted by Crippen LogP contribution is -1.88. The molecule has 0 spiro atoms. The second-order valence-corrected chi connectivity index (χ2v) is 4.08. The molecule has 0 aliphatic heterocycles. The zero-order valence-corrected chi connectivity index (χ0v) is 9.38. The average molecular weight is 211 g/mol. The van der Waals surface area contributed by atoms with Crippen molar-refractivity contribution in [3.05, 3.63) is 42.7 Å². The monoisotopic (exact) mass is 211 g/mol. The molecule has 2 aromatic heterocycles.